The van der Waals surface area contributed by atoms with Gasteiger partial charge in [0.2, 0.25) is 15.9 Å². The number of thioether (sulfide) groups is 1. The van der Waals surface area contributed by atoms with Crippen molar-refractivity contribution in [3.05, 3.63) is 29.6 Å². The molecule has 0 saturated carbocycles. The third kappa shape index (κ3) is 4.64. The molecule has 2 aromatic rings. The smallest absolute Gasteiger partial charge is 0.230 e. The molecule has 0 bridgehead atoms. The highest BCUT2D eigenvalue weighted by Gasteiger charge is 2.30. The van der Waals surface area contributed by atoms with Crippen LogP contribution in [-0.2, 0) is 14.8 Å². The van der Waals surface area contributed by atoms with Gasteiger partial charge >= 0.3 is 0 Å². The molecule has 1 unspecified atom stereocenters. The molecular formula is C17H21N3O3S3. The van der Waals surface area contributed by atoms with Gasteiger partial charge in [-0.25, -0.2) is 17.7 Å². The predicted octanol–water partition coefficient (Wildman–Crippen LogP) is 3.14. The van der Waals surface area contributed by atoms with Crippen molar-refractivity contribution in [2.24, 2.45) is 5.92 Å². The molecule has 1 saturated heterocycles. The second-order valence-electron chi connectivity index (χ2n) is 6.22. The summed E-state index contributed by atoms with van der Waals surface area (Å²) in [5.41, 5.74) is 1.82. The summed E-state index contributed by atoms with van der Waals surface area (Å²) >= 11 is 3.06. The van der Waals surface area contributed by atoms with Crippen LogP contribution in [0.2, 0.25) is 0 Å². The summed E-state index contributed by atoms with van der Waals surface area (Å²) in [5.74, 6) is -0.510. The largest absolute Gasteiger partial charge is 0.302 e. The molecule has 6 nitrogen and oxygen atoms in total. The van der Waals surface area contributed by atoms with Crippen LogP contribution in [0, 0.1) is 5.92 Å². The van der Waals surface area contributed by atoms with Crippen LogP contribution in [0.1, 0.15) is 12.8 Å². The molecule has 0 radical (unpaired) electrons. The maximum absolute atomic E-state index is 12.5. The zero-order valence-corrected chi connectivity index (χ0v) is 17.1. The molecule has 1 aliphatic rings. The third-order valence-electron chi connectivity index (χ3n) is 4.34. The molecule has 3 rings (SSSR count). The van der Waals surface area contributed by atoms with Gasteiger partial charge in [0.1, 0.15) is 0 Å². The fourth-order valence-electron chi connectivity index (χ4n) is 2.89. The van der Waals surface area contributed by atoms with E-state index in [0.29, 0.717) is 24.5 Å². The number of thiazole rings is 1. The number of anilines is 1. The number of rotatable bonds is 5. The minimum atomic E-state index is -3.26. The van der Waals surface area contributed by atoms with Crippen molar-refractivity contribution in [2.75, 3.05) is 30.9 Å². The third-order valence-corrected chi connectivity index (χ3v) is 7.12. The monoisotopic (exact) mass is 411 g/mol. The quantitative estimate of drug-likeness (QED) is 0.765. The lowest BCUT2D eigenvalue weighted by Crippen LogP contribution is -2.43. The average Bonchev–Trinajstić information content (AvgIpc) is 3.09. The van der Waals surface area contributed by atoms with Crippen molar-refractivity contribution in [3.63, 3.8) is 0 Å². The van der Waals surface area contributed by atoms with Crippen LogP contribution in [0.4, 0.5) is 5.13 Å². The number of carbonyl (C=O) groups is 1. The van der Waals surface area contributed by atoms with Crippen molar-refractivity contribution >= 4 is 44.2 Å². The van der Waals surface area contributed by atoms with E-state index in [0.717, 1.165) is 11.3 Å². The van der Waals surface area contributed by atoms with Crippen LogP contribution in [-0.4, -0.2) is 49.2 Å². The van der Waals surface area contributed by atoms with E-state index in [1.54, 1.807) is 11.8 Å². The maximum atomic E-state index is 12.5. The summed E-state index contributed by atoms with van der Waals surface area (Å²) in [6, 6.07) is 8.11. The Kier molecular flexibility index (Phi) is 6.01. The van der Waals surface area contributed by atoms with E-state index in [-0.39, 0.29) is 18.4 Å². The Labute approximate surface area is 162 Å². The molecule has 2 heterocycles. The zero-order valence-electron chi connectivity index (χ0n) is 14.6. The molecule has 1 atom stereocenters. The number of benzene rings is 1. The Bertz CT molecular complexity index is 878. The molecule has 1 aromatic heterocycles. The number of hydrogen-bond acceptors (Lipinski definition) is 6. The Morgan fingerprint density at radius 2 is 2.08 bits per heavy atom. The number of nitrogens with zero attached hydrogens (tertiary/aromatic N) is 2. The molecule has 0 spiro atoms. The van der Waals surface area contributed by atoms with Crippen LogP contribution in [0.25, 0.3) is 11.3 Å². The Hall–Kier alpha value is -1.42. The highest BCUT2D eigenvalue weighted by Crippen LogP contribution is 2.28. The Balaban J connectivity index is 1.65. The molecule has 1 fully saturated rings. The van der Waals surface area contributed by atoms with Crippen LogP contribution in [0.15, 0.2) is 34.5 Å². The molecule has 140 valence electrons. The number of amides is 1. The zero-order chi connectivity index (χ0) is 18.7. The summed E-state index contributed by atoms with van der Waals surface area (Å²) < 4.78 is 24.8. The second kappa shape index (κ2) is 8.08. The number of sulfonamides is 1. The van der Waals surface area contributed by atoms with Crippen molar-refractivity contribution in [2.45, 2.75) is 17.7 Å². The van der Waals surface area contributed by atoms with Crippen molar-refractivity contribution < 1.29 is 13.2 Å². The SMILES string of the molecule is CSc1ccc(-c2csc(NC(=O)C3CCCN(S(C)(=O)=O)C3)n2)cc1. The molecule has 1 aromatic carbocycles. The van der Waals surface area contributed by atoms with Crippen LogP contribution in [0.3, 0.4) is 0 Å². The van der Waals surface area contributed by atoms with Gasteiger partial charge in [-0.1, -0.05) is 12.1 Å². The Morgan fingerprint density at radius 3 is 2.73 bits per heavy atom. The van der Waals surface area contributed by atoms with E-state index in [9.17, 15) is 13.2 Å². The summed E-state index contributed by atoms with van der Waals surface area (Å²) in [6.45, 7) is 0.717. The van der Waals surface area contributed by atoms with Gasteiger partial charge in [0.05, 0.1) is 17.9 Å². The first-order chi connectivity index (χ1) is 12.4. The summed E-state index contributed by atoms with van der Waals surface area (Å²) in [4.78, 5) is 18.2. The van der Waals surface area contributed by atoms with Gasteiger partial charge in [-0.2, -0.15) is 0 Å². The minimum Gasteiger partial charge on any atom is -0.302 e. The van der Waals surface area contributed by atoms with Gasteiger partial charge in [0.15, 0.2) is 5.13 Å². The van der Waals surface area contributed by atoms with Crippen LogP contribution >= 0.6 is 23.1 Å². The van der Waals surface area contributed by atoms with Gasteiger partial charge in [0, 0.05) is 28.9 Å². The van der Waals surface area contributed by atoms with Gasteiger partial charge < -0.3 is 5.32 Å². The number of carbonyl (C=O) groups excluding carboxylic acids is 1. The van der Waals surface area contributed by atoms with Gasteiger partial charge in [-0.3, -0.25) is 4.79 Å². The van der Waals surface area contributed by atoms with E-state index in [1.807, 2.05) is 35.9 Å². The van der Waals surface area contributed by atoms with Crippen LogP contribution in [0.5, 0.6) is 0 Å². The van der Waals surface area contributed by atoms with E-state index in [2.05, 4.69) is 10.3 Å². The van der Waals surface area contributed by atoms with E-state index in [4.69, 9.17) is 0 Å². The average molecular weight is 412 g/mol. The molecular weight excluding hydrogens is 390 g/mol. The standard InChI is InChI=1S/C17H21N3O3S3/c1-24-14-7-5-12(6-8-14)15-11-25-17(18-15)19-16(21)13-4-3-9-20(10-13)26(2,22)23/h5-8,11,13H,3-4,9-10H2,1-2H3,(H,18,19,21). The Morgan fingerprint density at radius 1 is 1.35 bits per heavy atom. The van der Waals surface area contributed by atoms with Crippen molar-refractivity contribution in [1.82, 2.24) is 9.29 Å². The first-order valence-corrected chi connectivity index (χ1v) is 12.2. The van der Waals surface area contributed by atoms with Gasteiger partial charge in [0.25, 0.3) is 0 Å². The molecule has 26 heavy (non-hydrogen) atoms. The molecule has 1 amide bonds. The molecule has 1 N–H and O–H groups in total. The van der Waals surface area contributed by atoms with Gasteiger partial charge in [-0.05, 0) is 31.2 Å². The van der Waals surface area contributed by atoms with Crippen molar-refractivity contribution in [3.8, 4) is 11.3 Å². The van der Waals surface area contributed by atoms with Crippen LogP contribution < -0.4 is 5.32 Å². The van der Waals surface area contributed by atoms with Crippen molar-refractivity contribution in [1.29, 1.82) is 0 Å². The first-order valence-electron chi connectivity index (χ1n) is 8.23. The topological polar surface area (TPSA) is 79.4 Å². The highest BCUT2D eigenvalue weighted by atomic mass is 32.2. The second-order valence-corrected chi connectivity index (χ2v) is 9.94. The van der Waals surface area contributed by atoms with E-state index >= 15 is 0 Å². The summed E-state index contributed by atoms with van der Waals surface area (Å²) in [5, 5.41) is 5.29. The number of nitrogens with one attached hydrogen (secondary N) is 1. The fourth-order valence-corrected chi connectivity index (χ4v) is 4.93. The summed E-state index contributed by atoms with van der Waals surface area (Å²) in [6.07, 6.45) is 4.59. The number of piperidine rings is 1. The lowest BCUT2D eigenvalue weighted by Gasteiger charge is -2.29. The number of hydrogen-bond donors (Lipinski definition) is 1. The van der Waals surface area contributed by atoms with E-state index in [1.165, 1.54) is 26.8 Å². The lowest BCUT2D eigenvalue weighted by atomic mass is 9.99. The maximum Gasteiger partial charge on any atom is 0.230 e. The molecule has 1 aliphatic heterocycles. The minimum absolute atomic E-state index is 0.169. The predicted molar refractivity (Wildman–Crippen MR) is 107 cm³/mol. The van der Waals surface area contributed by atoms with E-state index < -0.39 is 10.0 Å². The lowest BCUT2D eigenvalue weighted by molar-refractivity contribution is -0.120. The fraction of sp³-hybridized carbons (Fsp3) is 0.412. The normalized spacial score (nSPS) is 18.6. The summed E-state index contributed by atoms with van der Waals surface area (Å²) in [7, 11) is -3.26. The van der Waals surface area contributed by atoms with Gasteiger partial charge in [-0.15, -0.1) is 23.1 Å². The molecule has 9 heteroatoms. The molecule has 0 aliphatic carbocycles. The number of aromatic nitrogens is 1. The highest BCUT2D eigenvalue weighted by molar-refractivity contribution is 7.98. The first kappa shape index (κ1) is 19.3.